The van der Waals surface area contributed by atoms with Crippen molar-refractivity contribution >= 4 is 18.0 Å². The SMILES string of the molecule is C=CCOC(=O)[C@H](CC(=O)N[C@@H]1O[C@H](COCc2ccccc2)[C@H](OCc2ccccc2)[C@H](OCc2ccccc2)[C@H]1OCc1ccccc1)NC(=O)OCc1ccccc1. The summed E-state index contributed by atoms with van der Waals surface area (Å²) in [7, 11) is 0. The molecule has 0 aromatic heterocycles. The Kier molecular flexibility index (Phi) is 17.6. The van der Waals surface area contributed by atoms with Crippen molar-refractivity contribution in [1.82, 2.24) is 10.6 Å². The lowest BCUT2D eigenvalue weighted by atomic mass is 9.96. The molecule has 12 heteroatoms. The van der Waals surface area contributed by atoms with E-state index in [9.17, 15) is 14.4 Å². The summed E-state index contributed by atoms with van der Waals surface area (Å²) in [5, 5.41) is 5.43. The number of nitrogens with one attached hydrogen (secondary N) is 2. The van der Waals surface area contributed by atoms with Crippen LogP contribution in [0.2, 0.25) is 0 Å². The standard InChI is InChI=1S/C49H52N2O10/c1-2-28-56-48(53)41(50-49(54)60-34-40-26-16-7-17-27-40)29-43(52)51-47-46(59-33-39-24-14-6-15-25-39)45(58-32-38-22-12-5-13-23-38)44(57-31-37-20-10-4-11-21-37)42(61-47)35-55-30-36-18-8-3-9-19-36/h2-27,41-42,44-47H,1,28-35H2,(H,50,54)(H,51,52)/t41-,42+,44-,45-,46+,47+/m0/s1. The Labute approximate surface area is 356 Å². The van der Waals surface area contributed by atoms with Gasteiger partial charge >= 0.3 is 12.1 Å². The third kappa shape index (κ3) is 14.5. The first kappa shape index (κ1) is 44.4. The molecule has 0 saturated carbocycles. The van der Waals surface area contributed by atoms with Gasteiger partial charge in [0.15, 0.2) is 6.23 Å². The number of benzene rings is 5. The summed E-state index contributed by atoms with van der Waals surface area (Å²) in [6, 6.07) is 46.5. The molecule has 0 bridgehead atoms. The van der Waals surface area contributed by atoms with E-state index in [0.717, 1.165) is 27.8 Å². The van der Waals surface area contributed by atoms with Crippen molar-refractivity contribution in [2.75, 3.05) is 13.2 Å². The van der Waals surface area contributed by atoms with Crippen LogP contribution in [0.15, 0.2) is 164 Å². The van der Waals surface area contributed by atoms with Gasteiger partial charge in [0.25, 0.3) is 0 Å². The fourth-order valence-electron chi connectivity index (χ4n) is 6.65. The molecular weight excluding hydrogens is 777 g/mol. The molecule has 61 heavy (non-hydrogen) atoms. The van der Waals surface area contributed by atoms with Crippen molar-refractivity contribution in [3.63, 3.8) is 0 Å². The minimum atomic E-state index is -1.41. The Morgan fingerprint density at radius 2 is 1.02 bits per heavy atom. The smallest absolute Gasteiger partial charge is 0.408 e. The average Bonchev–Trinajstić information content (AvgIpc) is 3.30. The van der Waals surface area contributed by atoms with Crippen molar-refractivity contribution in [3.05, 3.63) is 192 Å². The topological polar surface area (TPSA) is 140 Å². The van der Waals surface area contributed by atoms with E-state index in [-0.39, 0.29) is 39.6 Å². The number of carbonyl (C=O) groups is 3. The lowest BCUT2D eigenvalue weighted by molar-refractivity contribution is -0.277. The number of rotatable bonds is 22. The Morgan fingerprint density at radius 1 is 0.574 bits per heavy atom. The molecule has 1 aliphatic rings. The van der Waals surface area contributed by atoms with Crippen molar-refractivity contribution in [2.24, 2.45) is 0 Å². The first-order valence-corrected chi connectivity index (χ1v) is 20.2. The molecule has 0 unspecified atom stereocenters. The van der Waals surface area contributed by atoms with Crippen molar-refractivity contribution < 1.29 is 47.5 Å². The molecule has 1 heterocycles. The maximum absolute atomic E-state index is 14.1. The van der Waals surface area contributed by atoms with Gasteiger partial charge in [0, 0.05) is 0 Å². The molecule has 0 aliphatic carbocycles. The van der Waals surface area contributed by atoms with Gasteiger partial charge in [-0.25, -0.2) is 9.59 Å². The van der Waals surface area contributed by atoms with Gasteiger partial charge in [-0.3, -0.25) is 4.79 Å². The van der Waals surface area contributed by atoms with E-state index in [0.29, 0.717) is 6.61 Å². The van der Waals surface area contributed by atoms with E-state index < -0.39 is 61.1 Å². The van der Waals surface area contributed by atoms with Crippen molar-refractivity contribution in [3.8, 4) is 0 Å². The number of alkyl carbamates (subject to hydrolysis) is 1. The van der Waals surface area contributed by atoms with E-state index in [1.54, 1.807) is 12.1 Å². The maximum Gasteiger partial charge on any atom is 0.408 e. The Balaban J connectivity index is 1.27. The monoisotopic (exact) mass is 828 g/mol. The molecule has 6 rings (SSSR count). The molecule has 1 fully saturated rings. The number of esters is 1. The first-order chi connectivity index (χ1) is 29.9. The summed E-state index contributed by atoms with van der Waals surface area (Å²) in [5.74, 6) is -1.49. The van der Waals surface area contributed by atoms with Gasteiger partial charge in [-0.05, 0) is 27.8 Å². The van der Waals surface area contributed by atoms with Crippen LogP contribution in [0.1, 0.15) is 34.2 Å². The fraction of sp³-hybridized carbons (Fsp3) is 0.286. The number of carbonyl (C=O) groups excluding carboxylic acids is 3. The molecular formula is C49H52N2O10. The van der Waals surface area contributed by atoms with Crippen LogP contribution in [0.3, 0.4) is 0 Å². The van der Waals surface area contributed by atoms with Crippen LogP contribution >= 0.6 is 0 Å². The van der Waals surface area contributed by atoms with Crippen LogP contribution in [0, 0.1) is 0 Å². The molecule has 0 spiro atoms. The zero-order valence-corrected chi connectivity index (χ0v) is 33.9. The van der Waals surface area contributed by atoms with Gasteiger partial charge in [-0.15, -0.1) is 0 Å². The minimum Gasteiger partial charge on any atom is -0.460 e. The van der Waals surface area contributed by atoms with Crippen LogP contribution < -0.4 is 10.6 Å². The van der Waals surface area contributed by atoms with Crippen molar-refractivity contribution in [1.29, 1.82) is 0 Å². The molecule has 12 nitrogen and oxygen atoms in total. The van der Waals surface area contributed by atoms with E-state index in [1.807, 2.05) is 140 Å². The summed E-state index contributed by atoms with van der Waals surface area (Å²) >= 11 is 0. The minimum absolute atomic E-state index is 0.0464. The quantitative estimate of drug-likeness (QED) is 0.0544. The number of ether oxygens (including phenoxy) is 7. The Hall–Kier alpha value is -6.15. The van der Waals surface area contributed by atoms with E-state index in [4.69, 9.17) is 33.2 Å². The number of amides is 2. The molecule has 6 atom stereocenters. The highest BCUT2D eigenvalue weighted by Gasteiger charge is 2.49. The predicted molar refractivity (Wildman–Crippen MR) is 227 cm³/mol. The average molecular weight is 829 g/mol. The zero-order chi connectivity index (χ0) is 42.5. The second-order valence-corrected chi connectivity index (χ2v) is 14.3. The van der Waals surface area contributed by atoms with E-state index in [1.165, 1.54) is 6.08 Å². The zero-order valence-electron chi connectivity index (χ0n) is 33.9. The fourth-order valence-corrected chi connectivity index (χ4v) is 6.65. The number of hydrogen-bond donors (Lipinski definition) is 2. The van der Waals surface area contributed by atoms with Gasteiger partial charge in [-0.1, -0.05) is 164 Å². The van der Waals surface area contributed by atoms with Crippen LogP contribution in [-0.4, -0.2) is 67.9 Å². The first-order valence-electron chi connectivity index (χ1n) is 20.2. The Morgan fingerprint density at radius 3 is 1.51 bits per heavy atom. The number of hydrogen-bond acceptors (Lipinski definition) is 10. The molecule has 1 aliphatic heterocycles. The highest BCUT2D eigenvalue weighted by atomic mass is 16.6. The molecule has 2 amide bonds. The lowest BCUT2D eigenvalue weighted by Crippen LogP contribution is -2.65. The second kappa shape index (κ2) is 24.2. The summed E-state index contributed by atoms with van der Waals surface area (Å²) in [4.78, 5) is 40.3. The summed E-state index contributed by atoms with van der Waals surface area (Å²) in [6.45, 7) is 4.37. The van der Waals surface area contributed by atoms with Crippen molar-refractivity contribution in [2.45, 2.75) is 76.1 Å². The summed E-state index contributed by atoms with van der Waals surface area (Å²) < 4.78 is 43.7. The Bertz CT molecular complexity index is 2060. The predicted octanol–water partition coefficient (Wildman–Crippen LogP) is 7.21. The van der Waals surface area contributed by atoms with Crippen LogP contribution in [-0.2, 0) is 75.8 Å². The van der Waals surface area contributed by atoms with Crippen LogP contribution in [0.25, 0.3) is 0 Å². The summed E-state index contributed by atoms with van der Waals surface area (Å²) in [5.41, 5.74) is 4.45. The second-order valence-electron chi connectivity index (χ2n) is 14.3. The molecule has 5 aromatic carbocycles. The molecule has 318 valence electrons. The normalized spacial score (nSPS) is 18.9. The summed E-state index contributed by atoms with van der Waals surface area (Å²) in [6.07, 6.45) is -4.41. The lowest BCUT2D eigenvalue weighted by Gasteiger charge is -2.46. The highest BCUT2D eigenvalue weighted by Crippen LogP contribution is 2.30. The van der Waals surface area contributed by atoms with Gasteiger partial charge in [-0.2, -0.15) is 0 Å². The largest absolute Gasteiger partial charge is 0.460 e. The van der Waals surface area contributed by atoms with Crippen LogP contribution in [0.4, 0.5) is 4.79 Å². The van der Waals surface area contributed by atoms with Gasteiger partial charge < -0.3 is 43.8 Å². The molecule has 1 saturated heterocycles. The van der Waals surface area contributed by atoms with E-state index in [2.05, 4.69) is 17.2 Å². The van der Waals surface area contributed by atoms with Gasteiger partial charge in [0.2, 0.25) is 5.91 Å². The van der Waals surface area contributed by atoms with Gasteiger partial charge in [0.1, 0.15) is 43.7 Å². The third-order valence-corrected chi connectivity index (χ3v) is 9.71. The van der Waals surface area contributed by atoms with Crippen LogP contribution in [0.5, 0.6) is 0 Å². The highest BCUT2D eigenvalue weighted by molar-refractivity contribution is 5.88. The molecule has 5 aromatic rings. The van der Waals surface area contributed by atoms with E-state index >= 15 is 0 Å². The molecule has 0 radical (unpaired) electrons. The van der Waals surface area contributed by atoms with Gasteiger partial charge in [0.05, 0.1) is 39.5 Å². The third-order valence-electron chi connectivity index (χ3n) is 9.71. The molecule has 2 N–H and O–H groups in total. The maximum atomic E-state index is 14.1.